The van der Waals surface area contributed by atoms with E-state index in [1.54, 1.807) is 0 Å². The molecule has 0 amide bonds. The summed E-state index contributed by atoms with van der Waals surface area (Å²) in [6, 6.07) is 0. The van der Waals surface area contributed by atoms with Gasteiger partial charge in [-0.05, 0) is 32.1 Å². The number of cyclic esters (lactones) is 2. The van der Waals surface area contributed by atoms with Crippen LogP contribution in [-0.4, -0.2) is 11.9 Å². The third-order valence-corrected chi connectivity index (χ3v) is 3.53. The molecular weight excluding hydrogens is 240 g/mol. The summed E-state index contributed by atoms with van der Waals surface area (Å²) >= 11 is 0. The molecule has 0 N–H and O–H groups in total. The molecule has 1 fully saturated rings. The van der Waals surface area contributed by atoms with E-state index in [0.717, 1.165) is 25.7 Å². The molecule has 0 bridgehead atoms. The maximum atomic E-state index is 11.2. The fourth-order valence-electron chi connectivity index (χ4n) is 2.32. The van der Waals surface area contributed by atoms with Gasteiger partial charge in [0, 0.05) is 0 Å². The van der Waals surface area contributed by atoms with Crippen molar-refractivity contribution in [3.8, 4) is 0 Å². The molecule has 1 heterocycles. The number of ether oxygens (including phenoxy) is 1. The van der Waals surface area contributed by atoms with Gasteiger partial charge in [0.1, 0.15) is 0 Å². The van der Waals surface area contributed by atoms with Crippen LogP contribution in [0.15, 0.2) is 12.2 Å². The van der Waals surface area contributed by atoms with Gasteiger partial charge in [0.2, 0.25) is 0 Å². The molecule has 0 aromatic carbocycles. The molecule has 0 spiro atoms. The number of hydrogen-bond acceptors (Lipinski definition) is 3. The van der Waals surface area contributed by atoms with Crippen LogP contribution in [0.4, 0.5) is 0 Å². The van der Waals surface area contributed by atoms with Crippen LogP contribution in [0.3, 0.4) is 0 Å². The van der Waals surface area contributed by atoms with Crippen LogP contribution in [0, 0.1) is 5.92 Å². The van der Waals surface area contributed by atoms with Gasteiger partial charge in [-0.25, -0.2) is 0 Å². The van der Waals surface area contributed by atoms with E-state index in [1.807, 2.05) is 0 Å². The Bertz CT molecular complexity index is 307. The van der Waals surface area contributed by atoms with Crippen LogP contribution in [-0.2, 0) is 14.3 Å². The molecular formula is C16H26O3. The highest BCUT2D eigenvalue weighted by Crippen LogP contribution is 2.22. The lowest BCUT2D eigenvalue weighted by molar-refractivity contribution is -0.153. The van der Waals surface area contributed by atoms with Gasteiger partial charge in [-0.2, -0.15) is 0 Å². The van der Waals surface area contributed by atoms with Crippen LogP contribution in [0.25, 0.3) is 0 Å². The summed E-state index contributed by atoms with van der Waals surface area (Å²) in [5.41, 5.74) is 0. The van der Waals surface area contributed by atoms with Crippen molar-refractivity contribution in [1.29, 1.82) is 0 Å². The predicted octanol–water partition coefficient (Wildman–Crippen LogP) is 4.16. The number of unbranched alkanes of at least 4 members (excludes halogenated alkanes) is 6. The Labute approximate surface area is 116 Å². The number of allylic oxidation sites excluding steroid dienone is 2. The standard InChI is InChI=1S/C16H26O3/c1-2-3-4-5-6-7-8-9-10-11-12-14-13-15(17)19-16(14)18/h7-8,14H,2-6,9-13H2,1H3/b8-7+. The molecule has 0 aromatic rings. The molecule has 1 unspecified atom stereocenters. The summed E-state index contributed by atoms with van der Waals surface area (Å²) in [6.45, 7) is 2.23. The molecule has 1 aliphatic heterocycles. The van der Waals surface area contributed by atoms with Crippen LogP contribution < -0.4 is 0 Å². The lowest BCUT2D eigenvalue weighted by atomic mass is 10.00. The summed E-state index contributed by atoms with van der Waals surface area (Å²) in [7, 11) is 0. The molecule has 3 nitrogen and oxygen atoms in total. The molecule has 0 saturated carbocycles. The van der Waals surface area contributed by atoms with Gasteiger partial charge in [-0.1, -0.05) is 44.8 Å². The van der Waals surface area contributed by atoms with Gasteiger partial charge >= 0.3 is 11.9 Å². The third kappa shape index (κ3) is 7.14. The highest BCUT2D eigenvalue weighted by Gasteiger charge is 2.32. The molecule has 108 valence electrons. The lowest BCUT2D eigenvalue weighted by Crippen LogP contribution is -2.06. The summed E-state index contributed by atoms with van der Waals surface area (Å²) in [4.78, 5) is 22.1. The molecule has 19 heavy (non-hydrogen) atoms. The van der Waals surface area contributed by atoms with Crippen LogP contribution in [0.2, 0.25) is 0 Å². The van der Waals surface area contributed by atoms with E-state index in [2.05, 4.69) is 23.8 Å². The topological polar surface area (TPSA) is 43.4 Å². The van der Waals surface area contributed by atoms with Crippen molar-refractivity contribution >= 4 is 11.9 Å². The number of hydrogen-bond donors (Lipinski definition) is 0. The van der Waals surface area contributed by atoms with Gasteiger partial charge in [-0.15, -0.1) is 0 Å². The van der Waals surface area contributed by atoms with Crippen molar-refractivity contribution in [2.45, 2.75) is 71.1 Å². The Kier molecular flexibility index (Phi) is 8.19. The van der Waals surface area contributed by atoms with Crippen LogP contribution >= 0.6 is 0 Å². The minimum absolute atomic E-state index is 0.175. The van der Waals surface area contributed by atoms with Crippen molar-refractivity contribution < 1.29 is 14.3 Å². The minimum Gasteiger partial charge on any atom is -0.393 e. The Hall–Kier alpha value is -1.12. The predicted molar refractivity (Wildman–Crippen MR) is 75.6 cm³/mol. The summed E-state index contributed by atoms with van der Waals surface area (Å²) in [6.07, 6.45) is 15.2. The first-order valence-corrected chi connectivity index (χ1v) is 7.63. The van der Waals surface area contributed by atoms with Crippen molar-refractivity contribution in [2.24, 2.45) is 5.92 Å². The quantitative estimate of drug-likeness (QED) is 0.258. The van der Waals surface area contributed by atoms with Crippen molar-refractivity contribution in [1.82, 2.24) is 0 Å². The second kappa shape index (κ2) is 9.76. The summed E-state index contributed by atoms with van der Waals surface area (Å²) < 4.78 is 4.52. The first-order valence-electron chi connectivity index (χ1n) is 7.63. The molecule has 0 aromatic heterocycles. The maximum Gasteiger partial charge on any atom is 0.317 e. The van der Waals surface area contributed by atoms with Gasteiger partial charge in [-0.3, -0.25) is 9.59 Å². The van der Waals surface area contributed by atoms with Gasteiger partial charge in [0.25, 0.3) is 0 Å². The molecule has 3 heteroatoms. The highest BCUT2D eigenvalue weighted by atomic mass is 16.6. The third-order valence-electron chi connectivity index (χ3n) is 3.53. The second-order valence-corrected chi connectivity index (χ2v) is 5.30. The zero-order chi connectivity index (χ0) is 13.9. The first kappa shape index (κ1) is 15.9. The highest BCUT2D eigenvalue weighted by molar-refractivity contribution is 5.94. The van der Waals surface area contributed by atoms with Crippen LogP contribution in [0.1, 0.15) is 71.1 Å². The largest absolute Gasteiger partial charge is 0.393 e. The van der Waals surface area contributed by atoms with E-state index in [1.165, 1.54) is 32.1 Å². The Morgan fingerprint density at radius 2 is 1.74 bits per heavy atom. The molecule has 1 rings (SSSR count). The minimum atomic E-state index is -0.359. The Morgan fingerprint density at radius 3 is 2.32 bits per heavy atom. The maximum absolute atomic E-state index is 11.2. The van der Waals surface area contributed by atoms with E-state index < -0.39 is 0 Å². The van der Waals surface area contributed by atoms with Crippen LogP contribution in [0.5, 0.6) is 0 Å². The average Bonchev–Trinajstić information content (AvgIpc) is 2.70. The average molecular weight is 266 g/mol. The Morgan fingerprint density at radius 1 is 1.05 bits per heavy atom. The molecule has 1 atom stereocenters. The van der Waals surface area contributed by atoms with E-state index in [4.69, 9.17) is 0 Å². The lowest BCUT2D eigenvalue weighted by Gasteiger charge is -2.02. The van der Waals surface area contributed by atoms with Crippen molar-refractivity contribution in [3.63, 3.8) is 0 Å². The monoisotopic (exact) mass is 266 g/mol. The molecule has 0 radical (unpaired) electrons. The fourth-order valence-corrected chi connectivity index (χ4v) is 2.32. The number of rotatable bonds is 10. The fraction of sp³-hybridized carbons (Fsp3) is 0.750. The van der Waals surface area contributed by atoms with E-state index in [-0.39, 0.29) is 24.3 Å². The second-order valence-electron chi connectivity index (χ2n) is 5.30. The molecule has 1 aliphatic rings. The molecule has 0 aliphatic carbocycles. The SMILES string of the molecule is CCCCCC/C=C/CCCCC1CC(=O)OC1=O. The van der Waals surface area contributed by atoms with Gasteiger partial charge in [0.15, 0.2) is 0 Å². The first-order chi connectivity index (χ1) is 9.24. The smallest absolute Gasteiger partial charge is 0.317 e. The Balaban J connectivity index is 1.92. The van der Waals surface area contributed by atoms with Gasteiger partial charge < -0.3 is 4.74 Å². The van der Waals surface area contributed by atoms with Crippen molar-refractivity contribution in [2.75, 3.05) is 0 Å². The summed E-state index contributed by atoms with van der Waals surface area (Å²) in [5.74, 6) is -0.857. The molecule has 1 saturated heterocycles. The zero-order valence-electron chi connectivity index (χ0n) is 12.0. The van der Waals surface area contributed by atoms with E-state index in [0.29, 0.717) is 0 Å². The number of carbonyl (C=O) groups is 2. The zero-order valence-corrected chi connectivity index (χ0v) is 12.0. The number of carbonyl (C=O) groups excluding carboxylic acids is 2. The van der Waals surface area contributed by atoms with Crippen molar-refractivity contribution in [3.05, 3.63) is 12.2 Å². The van der Waals surface area contributed by atoms with Gasteiger partial charge in [0.05, 0.1) is 12.3 Å². The normalized spacial score (nSPS) is 19.3. The number of esters is 2. The van der Waals surface area contributed by atoms with E-state index in [9.17, 15) is 9.59 Å². The van der Waals surface area contributed by atoms with E-state index >= 15 is 0 Å². The summed E-state index contributed by atoms with van der Waals surface area (Å²) in [5, 5.41) is 0.